The van der Waals surface area contributed by atoms with Gasteiger partial charge in [-0.05, 0) is 26.0 Å². The van der Waals surface area contributed by atoms with E-state index in [2.05, 4.69) is 15.8 Å². The SMILES string of the molecule is Cc1cc(NC(=O)[C@@]2(C)Sc3ccccc3NC2=O)no1. The van der Waals surface area contributed by atoms with Gasteiger partial charge in [0.05, 0.1) is 5.69 Å². The largest absolute Gasteiger partial charge is 0.360 e. The Morgan fingerprint density at radius 1 is 1.43 bits per heavy atom. The zero-order chi connectivity index (χ0) is 15.0. The molecule has 0 radical (unpaired) electrons. The minimum atomic E-state index is -1.26. The van der Waals surface area contributed by atoms with E-state index in [0.29, 0.717) is 11.6 Å². The summed E-state index contributed by atoms with van der Waals surface area (Å²) in [5.41, 5.74) is 0.718. The highest BCUT2D eigenvalue weighted by Gasteiger charge is 2.46. The van der Waals surface area contributed by atoms with Gasteiger partial charge >= 0.3 is 0 Å². The van der Waals surface area contributed by atoms with Crippen molar-refractivity contribution in [3.05, 3.63) is 36.1 Å². The maximum atomic E-state index is 12.4. The van der Waals surface area contributed by atoms with Crippen molar-refractivity contribution >= 4 is 35.1 Å². The smallest absolute Gasteiger partial charge is 0.251 e. The van der Waals surface area contributed by atoms with Crippen LogP contribution in [0.5, 0.6) is 0 Å². The molecule has 0 saturated heterocycles. The Balaban J connectivity index is 1.86. The number of nitrogens with one attached hydrogen (secondary N) is 2. The maximum absolute atomic E-state index is 12.4. The second-order valence-corrected chi connectivity index (χ2v) is 6.32. The highest BCUT2D eigenvalue weighted by molar-refractivity contribution is 8.02. The predicted molar refractivity (Wildman–Crippen MR) is 79.2 cm³/mol. The standard InChI is InChI=1S/C14H13N3O3S/c1-8-7-11(17-20-8)16-13(19)14(2)12(18)15-9-5-3-4-6-10(9)21-14/h3-7H,1-2H3,(H,15,18)(H,16,17,19)/t14-/m0/s1. The van der Waals surface area contributed by atoms with Crippen molar-refractivity contribution < 1.29 is 14.1 Å². The van der Waals surface area contributed by atoms with Crippen LogP contribution in [0.2, 0.25) is 0 Å². The van der Waals surface area contributed by atoms with E-state index in [1.807, 2.05) is 18.2 Å². The van der Waals surface area contributed by atoms with Crippen molar-refractivity contribution in [3.63, 3.8) is 0 Å². The number of carbonyl (C=O) groups is 2. The molecular formula is C14H13N3O3S. The fourth-order valence-corrected chi connectivity index (χ4v) is 3.08. The van der Waals surface area contributed by atoms with E-state index in [9.17, 15) is 9.59 Å². The third-order valence-electron chi connectivity index (χ3n) is 3.19. The van der Waals surface area contributed by atoms with E-state index >= 15 is 0 Å². The Morgan fingerprint density at radius 3 is 2.90 bits per heavy atom. The Kier molecular flexibility index (Phi) is 3.21. The average Bonchev–Trinajstić information content (AvgIpc) is 2.85. The summed E-state index contributed by atoms with van der Waals surface area (Å²) in [5.74, 6) is 0.0873. The van der Waals surface area contributed by atoms with E-state index in [1.54, 1.807) is 26.0 Å². The molecule has 3 rings (SSSR count). The van der Waals surface area contributed by atoms with Crippen LogP contribution in [0.15, 0.2) is 39.8 Å². The average molecular weight is 303 g/mol. The van der Waals surface area contributed by atoms with Crippen LogP contribution in [0.3, 0.4) is 0 Å². The molecule has 1 atom stereocenters. The lowest BCUT2D eigenvalue weighted by molar-refractivity contribution is -0.126. The third-order valence-corrected chi connectivity index (χ3v) is 4.54. The summed E-state index contributed by atoms with van der Waals surface area (Å²) in [4.78, 5) is 25.6. The number of nitrogens with zero attached hydrogens (tertiary/aromatic N) is 1. The summed E-state index contributed by atoms with van der Waals surface area (Å²) >= 11 is 1.22. The molecule has 7 heteroatoms. The first-order valence-corrected chi connectivity index (χ1v) is 7.15. The number of hydrogen-bond acceptors (Lipinski definition) is 5. The van der Waals surface area contributed by atoms with Gasteiger partial charge in [0, 0.05) is 11.0 Å². The fourth-order valence-electron chi connectivity index (χ4n) is 1.98. The van der Waals surface area contributed by atoms with E-state index in [0.717, 1.165) is 10.6 Å². The molecular weight excluding hydrogens is 290 g/mol. The number of fused-ring (bicyclic) bond motifs is 1. The highest BCUT2D eigenvalue weighted by Crippen LogP contribution is 2.42. The van der Waals surface area contributed by atoms with Crippen LogP contribution in [-0.2, 0) is 9.59 Å². The third kappa shape index (κ3) is 2.40. The molecule has 21 heavy (non-hydrogen) atoms. The molecule has 0 saturated carbocycles. The second-order valence-electron chi connectivity index (χ2n) is 4.86. The molecule has 6 nitrogen and oxygen atoms in total. The van der Waals surface area contributed by atoms with Crippen molar-refractivity contribution in [2.45, 2.75) is 23.5 Å². The highest BCUT2D eigenvalue weighted by atomic mass is 32.2. The summed E-state index contributed by atoms with van der Waals surface area (Å²) in [7, 11) is 0. The Morgan fingerprint density at radius 2 is 2.19 bits per heavy atom. The number of carbonyl (C=O) groups excluding carboxylic acids is 2. The van der Waals surface area contributed by atoms with Gasteiger partial charge < -0.3 is 15.2 Å². The van der Waals surface area contributed by atoms with Crippen LogP contribution in [0, 0.1) is 6.92 Å². The van der Waals surface area contributed by atoms with Gasteiger partial charge in [0.2, 0.25) is 5.91 Å². The quantitative estimate of drug-likeness (QED) is 0.832. The number of amides is 2. The summed E-state index contributed by atoms with van der Waals surface area (Å²) in [6.07, 6.45) is 0. The number of para-hydroxylation sites is 1. The molecule has 2 amide bonds. The van der Waals surface area contributed by atoms with E-state index in [-0.39, 0.29) is 5.91 Å². The minimum absolute atomic E-state index is 0.297. The summed E-state index contributed by atoms with van der Waals surface area (Å²) in [5, 5.41) is 9.07. The van der Waals surface area contributed by atoms with Crippen LogP contribution in [0.1, 0.15) is 12.7 Å². The molecule has 1 aliphatic heterocycles. The number of thioether (sulfide) groups is 1. The first kappa shape index (κ1) is 13.7. The van der Waals surface area contributed by atoms with E-state index in [4.69, 9.17) is 4.52 Å². The molecule has 108 valence electrons. The molecule has 1 aromatic heterocycles. The number of benzene rings is 1. The van der Waals surface area contributed by atoms with Gasteiger partial charge in [-0.2, -0.15) is 0 Å². The Labute approximate surface area is 125 Å². The van der Waals surface area contributed by atoms with Crippen molar-refractivity contribution in [2.24, 2.45) is 0 Å². The van der Waals surface area contributed by atoms with Crippen LogP contribution in [-0.4, -0.2) is 21.7 Å². The lowest BCUT2D eigenvalue weighted by Crippen LogP contribution is -2.49. The summed E-state index contributed by atoms with van der Waals surface area (Å²) in [6.45, 7) is 3.31. The van der Waals surface area contributed by atoms with E-state index in [1.165, 1.54) is 11.8 Å². The van der Waals surface area contributed by atoms with Gasteiger partial charge in [0.15, 0.2) is 10.6 Å². The molecule has 2 N–H and O–H groups in total. The number of aryl methyl sites for hydroxylation is 1. The minimum Gasteiger partial charge on any atom is -0.360 e. The fraction of sp³-hybridized carbons (Fsp3) is 0.214. The summed E-state index contributed by atoms with van der Waals surface area (Å²) in [6, 6.07) is 8.97. The molecule has 1 aliphatic rings. The molecule has 1 aromatic carbocycles. The number of hydrogen-bond donors (Lipinski definition) is 2. The molecule has 0 spiro atoms. The van der Waals surface area contributed by atoms with Gasteiger partial charge in [-0.15, -0.1) is 0 Å². The van der Waals surface area contributed by atoms with Gasteiger partial charge in [-0.1, -0.05) is 29.1 Å². The monoisotopic (exact) mass is 303 g/mol. The van der Waals surface area contributed by atoms with Gasteiger partial charge in [0.25, 0.3) is 5.91 Å². The number of rotatable bonds is 2. The van der Waals surface area contributed by atoms with Crippen molar-refractivity contribution in [1.82, 2.24) is 5.16 Å². The molecule has 0 fully saturated rings. The normalized spacial score (nSPS) is 20.6. The number of aromatic nitrogens is 1. The lowest BCUT2D eigenvalue weighted by Gasteiger charge is -2.31. The molecule has 2 heterocycles. The van der Waals surface area contributed by atoms with E-state index < -0.39 is 10.7 Å². The zero-order valence-electron chi connectivity index (χ0n) is 11.5. The van der Waals surface area contributed by atoms with Gasteiger partial charge in [-0.3, -0.25) is 9.59 Å². The first-order chi connectivity index (χ1) is 9.99. The predicted octanol–water partition coefficient (Wildman–Crippen LogP) is 2.42. The number of anilines is 2. The van der Waals surface area contributed by atoms with Crippen LogP contribution >= 0.6 is 11.8 Å². The zero-order valence-corrected chi connectivity index (χ0v) is 12.3. The summed E-state index contributed by atoms with van der Waals surface area (Å²) < 4.78 is 3.63. The molecule has 0 unspecified atom stereocenters. The lowest BCUT2D eigenvalue weighted by atomic mass is 10.1. The van der Waals surface area contributed by atoms with Crippen LogP contribution < -0.4 is 10.6 Å². The van der Waals surface area contributed by atoms with Crippen molar-refractivity contribution in [3.8, 4) is 0 Å². The topological polar surface area (TPSA) is 84.2 Å². The first-order valence-electron chi connectivity index (χ1n) is 6.33. The molecule has 0 bridgehead atoms. The maximum Gasteiger partial charge on any atom is 0.251 e. The Hall–Kier alpha value is -2.28. The van der Waals surface area contributed by atoms with Crippen LogP contribution in [0.25, 0.3) is 0 Å². The Bertz CT molecular complexity index is 728. The van der Waals surface area contributed by atoms with Crippen LogP contribution in [0.4, 0.5) is 11.5 Å². The molecule has 0 aliphatic carbocycles. The van der Waals surface area contributed by atoms with Crippen molar-refractivity contribution in [2.75, 3.05) is 10.6 Å². The molecule has 2 aromatic rings. The van der Waals surface area contributed by atoms with Gasteiger partial charge in [-0.25, -0.2) is 0 Å². The van der Waals surface area contributed by atoms with Crippen molar-refractivity contribution in [1.29, 1.82) is 0 Å². The van der Waals surface area contributed by atoms with Gasteiger partial charge in [0.1, 0.15) is 5.76 Å². The second kappa shape index (κ2) is 4.92.